The van der Waals surface area contributed by atoms with Crippen LogP contribution >= 0.6 is 0 Å². The second kappa shape index (κ2) is 31.9. The molecule has 0 spiro atoms. The Balaban J connectivity index is -0.000000750. The van der Waals surface area contributed by atoms with Gasteiger partial charge in [0, 0.05) is 0 Å². The largest absolute Gasteiger partial charge is 1.00 e. The molecule has 0 N–H and O–H groups in total. The molecule has 0 atom stereocenters. The van der Waals surface area contributed by atoms with Gasteiger partial charge in [-0.25, -0.2) is 8.37 Å². The molecule has 0 radical (unpaired) electrons. The Kier molecular flexibility index (Phi) is 38.1. The van der Waals surface area contributed by atoms with Crippen LogP contribution in [0.5, 0.6) is 0 Å². The van der Waals surface area contributed by atoms with Crippen LogP contribution in [-0.2, 0) is 18.8 Å². The Morgan fingerprint density at radius 2 is 0.636 bits per heavy atom. The maximum atomic E-state index is 11.7. The molecule has 192 valence electrons. The third-order valence-corrected chi connectivity index (χ3v) is 6.86. The van der Waals surface area contributed by atoms with Crippen molar-refractivity contribution in [3.8, 4) is 0 Å². The molecule has 33 heavy (non-hydrogen) atoms. The van der Waals surface area contributed by atoms with Crippen LogP contribution in [0.4, 0.5) is 0 Å². The SMILES string of the molecule is CCCCCCCCCCCCCCOS(=O)(=O)OCCCCCCCCCCCC.[H-].[H-].[Na+].[Na+]. The van der Waals surface area contributed by atoms with E-state index in [4.69, 9.17) is 8.37 Å². The fourth-order valence-electron chi connectivity index (χ4n) is 3.89. The van der Waals surface area contributed by atoms with E-state index in [9.17, 15) is 8.42 Å². The first-order valence-electron chi connectivity index (χ1n) is 13.7. The molecule has 0 aliphatic heterocycles. The van der Waals surface area contributed by atoms with Gasteiger partial charge in [-0.1, -0.05) is 142 Å². The molecule has 0 heterocycles. The fourth-order valence-corrected chi connectivity index (χ4v) is 4.60. The monoisotopic (exact) mass is 510 g/mol. The third kappa shape index (κ3) is 33.9. The van der Waals surface area contributed by atoms with Crippen molar-refractivity contribution < 1.29 is 78.8 Å². The Hall–Kier alpha value is 1.87. The van der Waals surface area contributed by atoms with E-state index in [1.54, 1.807) is 0 Å². The first-order valence-corrected chi connectivity index (χ1v) is 15.0. The van der Waals surface area contributed by atoms with Crippen molar-refractivity contribution in [2.45, 2.75) is 155 Å². The number of unbranched alkanes of at least 4 members (excludes halogenated alkanes) is 20. The molecule has 0 fully saturated rings. The average molecular weight is 511 g/mol. The molecule has 0 saturated carbocycles. The van der Waals surface area contributed by atoms with Crippen LogP contribution < -0.4 is 59.1 Å². The Bertz CT molecular complexity index is 459. The molecule has 0 aliphatic rings. The zero-order valence-corrected chi connectivity index (χ0v) is 27.8. The maximum absolute atomic E-state index is 11.7. The van der Waals surface area contributed by atoms with Gasteiger partial charge in [-0.05, 0) is 12.8 Å². The van der Waals surface area contributed by atoms with Crippen molar-refractivity contribution in [1.29, 1.82) is 0 Å². The topological polar surface area (TPSA) is 52.6 Å². The van der Waals surface area contributed by atoms with E-state index in [0.29, 0.717) is 0 Å². The summed E-state index contributed by atoms with van der Waals surface area (Å²) in [6.07, 6.45) is 27.3. The van der Waals surface area contributed by atoms with Crippen LogP contribution in [0.2, 0.25) is 0 Å². The second-order valence-electron chi connectivity index (χ2n) is 9.12. The van der Waals surface area contributed by atoms with Gasteiger partial charge in [0.05, 0.1) is 13.2 Å². The number of rotatable bonds is 26. The summed E-state index contributed by atoms with van der Waals surface area (Å²) < 4.78 is 33.4. The van der Waals surface area contributed by atoms with Crippen molar-refractivity contribution in [3.05, 3.63) is 0 Å². The van der Waals surface area contributed by atoms with Crippen LogP contribution in [0.1, 0.15) is 158 Å². The molecule has 0 unspecified atom stereocenters. The summed E-state index contributed by atoms with van der Waals surface area (Å²) in [6, 6.07) is 0. The van der Waals surface area contributed by atoms with Gasteiger partial charge in [-0.15, -0.1) is 0 Å². The number of hydrogen-bond donors (Lipinski definition) is 0. The molecule has 0 amide bonds. The summed E-state index contributed by atoms with van der Waals surface area (Å²) in [5.74, 6) is 0. The molecule has 0 rings (SSSR count). The fraction of sp³-hybridized carbons (Fsp3) is 1.00. The normalized spacial score (nSPS) is 11.2. The van der Waals surface area contributed by atoms with Crippen LogP contribution in [0.3, 0.4) is 0 Å². The summed E-state index contributed by atoms with van der Waals surface area (Å²) in [7, 11) is -3.81. The molecule has 0 aromatic heterocycles. The third-order valence-electron chi connectivity index (χ3n) is 5.95. The van der Waals surface area contributed by atoms with Crippen LogP contribution in [0.25, 0.3) is 0 Å². The van der Waals surface area contributed by atoms with Crippen molar-refractivity contribution in [1.82, 2.24) is 0 Å². The van der Waals surface area contributed by atoms with E-state index in [1.807, 2.05) is 0 Å². The summed E-state index contributed by atoms with van der Waals surface area (Å²) in [5, 5.41) is 0. The van der Waals surface area contributed by atoms with Crippen LogP contribution in [-0.4, -0.2) is 21.6 Å². The van der Waals surface area contributed by atoms with Gasteiger partial charge >= 0.3 is 69.5 Å². The van der Waals surface area contributed by atoms with E-state index >= 15 is 0 Å². The summed E-state index contributed by atoms with van der Waals surface area (Å²) in [4.78, 5) is 0. The van der Waals surface area contributed by atoms with E-state index in [-0.39, 0.29) is 75.2 Å². The molecule has 0 bridgehead atoms. The van der Waals surface area contributed by atoms with Gasteiger partial charge in [-0.2, -0.15) is 8.42 Å². The summed E-state index contributed by atoms with van der Waals surface area (Å²) in [5.41, 5.74) is 0. The van der Waals surface area contributed by atoms with Crippen molar-refractivity contribution in [2.24, 2.45) is 0 Å². The minimum Gasteiger partial charge on any atom is -1.00 e. The maximum Gasteiger partial charge on any atom is 1.00 e. The number of hydrogen-bond acceptors (Lipinski definition) is 4. The van der Waals surface area contributed by atoms with E-state index < -0.39 is 10.4 Å². The average Bonchev–Trinajstić information content (AvgIpc) is 2.75. The molecular weight excluding hydrogens is 454 g/mol. The molecule has 0 aliphatic carbocycles. The first-order chi connectivity index (χ1) is 15.1. The van der Waals surface area contributed by atoms with E-state index in [0.717, 1.165) is 32.1 Å². The molecular formula is C26H56Na2O4S. The second-order valence-corrected chi connectivity index (χ2v) is 10.4. The smallest absolute Gasteiger partial charge is 1.00 e. The van der Waals surface area contributed by atoms with Crippen molar-refractivity contribution in [2.75, 3.05) is 13.2 Å². The van der Waals surface area contributed by atoms with Crippen LogP contribution in [0.15, 0.2) is 0 Å². The van der Waals surface area contributed by atoms with Gasteiger partial charge in [-0.3, -0.25) is 0 Å². The van der Waals surface area contributed by atoms with Gasteiger partial charge in [0.15, 0.2) is 0 Å². The van der Waals surface area contributed by atoms with Gasteiger partial charge in [0.25, 0.3) is 0 Å². The summed E-state index contributed by atoms with van der Waals surface area (Å²) in [6.45, 7) is 4.99. The van der Waals surface area contributed by atoms with Gasteiger partial charge in [0.2, 0.25) is 0 Å². The molecule has 0 aromatic carbocycles. The van der Waals surface area contributed by atoms with E-state index in [2.05, 4.69) is 13.8 Å². The van der Waals surface area contributed by atoms with Gasteiger partial charge < -0.3 is 2.85 Å². The Morgan fingerprint density at radius 3 is 0.879 bits per heavy atom. The minimum absolute atomic E-state index is 0. The predicted molar refractivity (Wildman–Crippen MR) is 136 cm³/mol. The quantitative estimate of drug-likeness (QED) is 0.133. The van der Waals surface area contributed by atoms with Gasteiger partial charge in [0.1, 0.15) is 0 Å². The van der Waals surface area contributed by atoms with E-state index in [1.165, 1.54) is 109 Å². The Labute approximate surface area is 255 Å². The molecule has 7 heteroatoms. The molecule has 0 saturated heterocycles. The summed E-state index contributed by atoms with van der Waals surface area (Å²) >= 11 is 0. The van der Waals surface area contributed by atoms with Crippen LogP contribution in [0, 0.1) is 0 Å². The minimum atomic E-state index is -3.81. The Morgan fingerprint density at radius 1 is 0.424 bits per heavy atom. The standard InChI is InChI=1S/C26H54O4S.2Na.2H/c1-3-5-7-9-11-13-15-16-18-20-22-24-26-30-31(27,28)29-25-23-21-19-17-14-12-10-8-6-4-2;;;;/h3-26H2,1-2H3;;;;/q;2*+1;2*-1. The molecule has 0 aromatic rings. The first kappa shape index (κ1) is 39.4. The molecule has 4 nitrogen and oxygen atoms in total. The zero-order valence-electron chi connectivity index (χ0n) is 25.0. The zero-order chi connectivity index (χ0) is 22.9. The van der Waals surface area contributed by atoms with Crippen molar-refractivity contribution >= 4 is 10.4 Å². The predicted octanol–water partition coefficient (Wildman–Crippen LogP) is 3.12. The van der Waals surface area contributed by atoms with Crippen molar-refractivity contribution in [3.63, 3.8) is 0 Å².